The number of nitrogens with zero attached hydrogens (tertiary/aromatic N) is 3. The molecule has 0 heterocycles. The van der Waals surface area contributed by atoms with Crippen molar-refractivity contribution in [3.05, 3.63) is 40.8 Å². The van der Waals surface area contributed by atoms with Crippen LogP contribution < -0.4 is 0 Å². The summed E-state index contributed by atoms with van der Waals surface area (Å²) in [5.41, 5.74) is 0. The first-order valence-electron chi connectivity index (χ1n) is 1.46. The van der Waals surface area contributed by atoms with E-state index in [1.165, 1.54) is 0 Å². The molecule has 18 heteroatoms. The summed E-state index contributed by atoms with van der Waals surface area (Å²) < 4.78 is 0. The number of hydrogen-bond donors (Lipinski definition) is 0. The van der Waals surface area contributed by atoms with Crippen LogP contribution in [0.4, 0.5) is 0 Å². The van der Waals surface area contributed by atoms with Crippen molar-refractivity contribution >= 4 is 0 Å². The predicted octanol–water partition coefficient (Wildman–Crippen LogP) is -5.18. The van der Waals surface area contributed by atoms with Crippen LogP contribution in [0.25, 0.3) is 0 Å². The molecule has 17 nitrogen and oxygen atoms in total. The molecule has 0 aliphatic carbocycles. The van der Waals surface area contributed by atoms with E-state index in [1.807, 2.05) is 0 Å². The Morgan fingerprint density at radius 2 is 0.667 bits per heavy atom. The van der Waals surface area contributed by atoms with Gasteiger partial charge in [-0.15, -0.1) is 5.34 Å². The van der Waals surface area contributed by atoms with Crippen molar-refractivity contribution in [3.8, 4) is 0 Å². The Kier molecular flexibility index (Phi) is 514. The maximum Gasteiger partial charge on any atom is 0.0689 e. The fourth-order valence-electron chi connectivity index (χ4n) is 0. The standard InChI is InChI=1S/Dy.2NO3.HNO2.6H2O/c;2*2-1(3)4;2-1-3;;;;;;/h;;;(H,2,3);6*1H2/q;2*-1;;;;;;;/p-1. The first-order chi connectivity index (χ1) is 4.88. The minimum absolute atomic E-state index is 0. The maximum atomic E-state index is 8.25. The molecule has 0 unspecified atom stereocenters. The Bertz CT molecular complexity index is 104. The van der Waals surface area contributed by atoms with E-state index in [2.05, 4.69) is 0 Å². The Morgan fingerprint density at radius 1 is 0.667 bits per heavy atom. The Labute approximate surface area is 127 Å². The zero-order valence-corrected chi connectivity index (χ0v) is 9.95. The molecule has 124 valence electrons. The molecular formula is H12DyN3O14-3. The second kappa shape index (κ2) is 102. The summed E-state index contributed by atoms with van der Waals surface area (Å²) in [5.74, 6) is 0. The van der Waals surface area contributed by atoms with Crippen LogP contribution in [-0.2, 0) is 0 Å². The predicted molar refractivity (Wildman–Crippen MR) is 51.6 cm³/mol. The summed E-state index contributed by atoms with van der Waals surface area (Å²) in [6.07, 6.45) is 0. The summed E-state index contributed by atoms with van der Waals surface area (Å²) in [6, 6.07) is 0. The average Bonchev–Trinajstić information content (AvgIpc) is 1.60. The zero-order valence-electron chi connectivity index (χ0n) is 7.92. The molecule has 0 aromatic carbocycles. The molecule has 0 saturated heterocycles. The monoisotopic (exact) mass is 442 g/mol. The van der Waals surface area contributed by atoms with Gasteiger partial charge in [0.1, 0.15) is 0 Å². The Morgan fingerprint density at radius 3 is 0.667 bits per heavy atom. The van der Waals surface area contributed by atoms with Gasteiger partial charge in [-0.3, -0.25) is 0 Å². The summed E-state index contributed by atoms with van der Waals surface area (Å²) in [7, 11) is 0. The molecular weight excluding hydrogens is 429 g/mol. The summed E-state index contributed by atoms with van der Waals surface area (Å²) >= 11 is 0. The Balaban J connectivity index is -0.00000000562. The van der Waals surface area contributed by atoms with Gasteiger partial charge in [-0.1, -0.05) is 0 Å². The second-order valence-electron chi connectivity index (χ2n) is 0.522. The molecule has 0 aromatic heterocycles. The van der Waals surface area contributed by atoms with E-state index < -0.39 is 10.2 Å². The number of hydrogen-bond acceptors (Lipinski definition) is 9. The smallest absolute Gasteiger partial charge is 0.0689 e. The first kappa shape index (κ1) is 90.4. The third-order valence-electron chi connectivity index (χ3n) is 0. The second-order valence-corrected chi connectivity index (χ2v) is 0.522. The van der Waals surface area contributed by atoms with E-state index in [9.17, 15) is 0 Å². The molecule has 0 spiro atoms. The molecule has 0 atom stereocenters. The summed E-state index contributed by atoms with van der Waals surface area (Å²) in [5, 5.41) is 38.5. The van der Waals surface area contributed by atoms with Gasteiger partial charge in [0, 0.05) is 38.2 Å². The van der Waals surface area contributed by atoms with Gasteiger partial charge in [0.15, 0.2) is 0 Å². The molecule has 12 N–H and O–H groups in total. The molecule has 0 amide bonds. The molecule has 0 radical (unpaired) electrons. The molecule has 0 aliphatic rings. The van der Waals surface area contributed by atoms with Crippen LogP contribution in [0.1, 0.15) is 0 Å². The fourth-order valence-corrected chi connectivity index (χ4v) is 0. The van der Waals surface area contributed by atoms with Crippen LogP contribution >= 0.6 is 0 Å². The van der Waals surface area contributed by atoms with Crippen LogP contribution in [0, 0.1) is 78.9 Å². The normalized spacial score (nSPS) is 3.33. The topological polar surface area (TPSA) is 374 Å². The third kappa shape index (κ3) is 2080. The zero-order chi connectivity index (χ0) is 9.86. The van der Waals surface area contributed by atoms with Gasteiger partial charge < -0.3 is 73.6 Å². The van der Waals surface area contributed by atoms with E-state index >= 15 is 0 Å². The molecule has 0 aromatic rings. The summed E-state index contributed by atoms with van der Waals surface area (Å²) in [4.78, 5) is 24.5. The average molecular weight is 441 g/mol. The van der Waals surface area contributed by atoms with E-state index in [1.54, 1.807) is 0 Å². The minimum Gasteiger partial charge on any atom is -0.444 e. The van der Waals surface area contributed by atoms with Crippen molar-refractivity contribution in [2.45, 2.75) is 0 Å². The number of rotatable bonds is 0. The van der Waals surface area contributed by atoms with Gasteiger partial charge in [0.05, 0.1) is 10.2 Å². The summed E-state index contributed by atoms with van der Waals surface area (Å²) in [6.45, 7) is 0. The van der Waals surface area contributed by atoms with Gasteiger partial charge in [-0.05, 0) is 0 Å². The molecule has 0 bridgehead atoms. The van der Waals surface area contributed by atoms with E-state index in [4.69, 9.17) is 40.8 Å². The largest absolute Gasteiger partial charge is 0.444 e. The molecule has 0 rings (SSSR count). The van der Waals surface area contributed by atoms with Gasteiger partial charge in [-0.25, -0.2) is 0 Å². The quantitative estimate of drug-likeness (QED) is 0.198. The van der Waals surface area contributed by atoms with E-state index in [0.717, 1.165) is 5.34 Å². The van der Waals surface area contributed by atoms with Crippen molar-refractivity contribution in [2.24, 2.45) is 5.34 Å². The molecule has 18 heavy (non-hydrogen) atoms. The molecule has 0 saturated carbocycles. The van der Waals surface area contributed by atoms with Crippen molar-refractivity contribution in [2.75, 3.05) is 0 Å². The van der Waals surface area contributed by atoms with Crippen LogP contribution in [0.15, 0.2) is 5.34 Å². The Hall–Kier alpha value is -1.17. The van der Waals surface area contributed by atoms with Crippen LogP contribution in [-0.4, -0.2) is 43.0 Å². The van der Waals surface area contributed by atoms with Crippen LogP contribution in [0.5, 0.6) is 0 Å². The SMILES string of the molecule is O.O.O.O.O.O.O=N[O-].O=[N+]([O-])[O-].O=[N+]([O-])[O-].[Dy]. The fraction of sp³-hybridized carbons (Fsp3) is 0. The van der Waals surface area contributed by atoms with Crippen LogP contribution in [0.2, 0.25) is 0 Å². The van der Waals surface area contributed by atoms with Crippen LogP contribution in [0.3, 0.4) is 0 Å². The van der Waals surface area contributed by atoms with Gasteiger partial charge in [-0.2, -0.15) is 0 Å². The van der Waals surface area contributed by atoms with Gasteiger partial charge in [0.2, 0.25) is 0 Å². The van der Waals surface area contributed by atoms with E-state index in [-0.39, 0.29) is 71.0 Å². The first-order valence-corrected chi connectivity index (χ1v) is 1.46. The van der Waals surface area contributed by atoms with Gasteiger partial charge >= 0.3 is 0 Å². The van der Waals surface area contributed by atoms with Crippen molar-refractivity contribution < 1.29 is 81.2 Å². The van der Waals surface area contributed by atoms with Crippen molar-refractivity contribution in [3.63, 3.8) is 0 Å². The van der Waals surface area contributed by atoms with E-state index in [0.29, 0.717) is 0 Å². The van der Waals surface area contributed by atoms with Gasteiger partial charge in [0.25, 0.3) is 0 Å². The molecule has 0 fully saturated rings. The third-order valence-corrected chi connectivity index (χ3v) is 0. The molecule has 0 aliphatic heterocycles. The maximum absolute atomic E-state index is 8.25. The minimum atomic E-state index is -1.75. The van der Waals surface area contributed by atoms with Crippen molar-refractivity contribution in [1.29, 1.82) is 0 Å². The van der Waals surface area contributed by atoms with Crippen molar-refractivity contribution in [1.82, 2.24) is 0 Å².